The molecule has 140 valence electrons. The van der Waals surface area contributed by atoms with Crippen LogP contribution in [0.3, 0.4) is 0 Å². The highest BCUT2D eigenvalue weighted by Crippen LogP contribution is 2.37. The minimum Gasteiger partial charge on any atom is -0.497 e. The summed E-state index contributed by atoms with van der Waals surface area (Å²) in [5.41, 5.74) is 1.55. The minimum atomic E-state index is -1.78. The molecule has 1 N–H and O–H groups in total. The Kier molecular flexibility index (Phi) is 6.26. The van der Waals surface area contributed by atoms with Gasteiger partial charge in [-0.1, -0.05) is 46.9 Å². The highest BCUT2D eigenvalue weighted by atomic mass is 35.6. The lowest BCUT2D eigenvalue weighted by atomic mass is 10.2. The number of anilines is 1. The zero-order chi connectivity index (χ0) is 19.3. The zero-order valence-electron chi connectivity index (χ0n) is 14.2. The number of methoxy groups -OCH3 is 1. The van der Waals surface area contributed by atoms with Crippen LogP contribution >= 0.6 is 34.8 Å². The summed E-state index contributed by atoms with van der Waals surface area (Å²) < 4.78 is 3.46. The summed E-state index contributed by atoms with van der Waals surface area (Å²) >= 11 is 18.0. The van der Waals surface area contributed by atoms with E-state index in [2.05, 4.69) is 30.2 Å². The quantitative estimate of drug-likeness (QED) is 0.601. The third-order valence-corrected chi connectivity index (χ3v) is 4.00. The molecule has 10 heteroatoms. The number of alkyl halides is 3. The second-order valence-electron chi connectivity index (χ2n) is 5.41. The van der Waals surface area contributed by atoms with Crippen LogP contribution in [0.15, 0.2) is 42.9 Å². The van der Waals surface area contributed by atoms with E-state index in [1.54, 1.807) is 31.8 Å². The van der Waals surface area contributed by atoms with Gasteiger partial charge in [-0.15, -0.1) is 0 Å². The molecule has 3 aromatic rings. The number of aromatic nitrogens is 5. The SMILES string of the molecule is COc1cccc(-c2nc(NCCc3cnccn3)nc(C(Cl)(Cl)Cl)n2)c1. The van der Waals surface area contributed by atoms with Gasteiger partial charge in [0, 0.05) is 37.1 Å². The lowest BCUT2D eigenvalue weighted by Crippen LogP contribution is -2.15. The fourth-order valence-electron chi connectivity index (χ4n) is 2.23. The van der Waals surface area contributed by atoms with Gasteiger partial charge in [0.15, 0.2) is 11.6 Å². The van der Waals surface area contributed by atoms with Crippen LogP contribution in [-0.4, -0.2) is 38.6 Å². The molecule has 7 nitrogen and oxygen atoms in total. The van der Waals surface area contributed by atoms with Crippen LogP contribution < -0.4 is 10.1 Å². The van der Waals surface area contributed by atoms with E-state index < -0.39 is 3.79 Å². The second kappa shape index (κ2) is 8.65. The molecule has 2 aromatic heterocycles. The maximum atomic E-state index is 5.99. The average Bonchev–Trinajstić information content (AvgIpc) is 2.68. The smallest absolute Gasteiger partial charge is 0.250 e. The summed E-state index contributed by atoms with van der Waals surface area (Å²) in [5, 5.41) is 3.11. The summed E-state index contributed by atoms with van der Waals surface area (Å²) in [6.45, 7) is 0.527. The standard InChI is InChI=1S/C17H15Cl3N6O/c1-27-13-4-2-3-11(9-13)14-24-15(17(18,19)20)26-16(25-14)23-6-5-12-10-21-7-8-22-12/h2-4,7-10H,5-6H2,1H3,(H,23,24,25,26). The molecule has 0 saturated heterocycles. The van der Waals surface area contributed by atoms with Gasteiger partial charge in [0.1, 0.15) is 5.75 Å². The minimum absolute atomic E-state index is 0.0299. The fraction of sp³-hybridized carbons (Fsp3) is 0.235. The number of benzene rings is 1. The van der Waals surface area contributed by atoms with E-state index in [9.17, 15) is 0 Å². The van der Waals surface area contributed by atoms with Gasteiger partial charge in [-0.25, -0.2) is 4.98 Å². The van der Waals surface area contributed by atoms with Crippen molar-refractivity contribution < 1.29 is 4.74 Å². The van der Waals surface area contributed by atoms with Crippen LogP contribution in [0.5, 0.6) is 5.75 Å². The molecule has 27 heavy (non-hydrogen) atoms. The Morgan fingerprint density at radius 2 is 1.96 bits per heavy atom. The molecule has 0 fully saturated rings. The van der Waals surface area contributed by atoms with Gasteiger partial charge in [-0.05, 0) is 12.1 Å². The summed E-state index contributed by atoms with van der Waals surface area (Å²) in [6.07, 6.45) is 5.59. The van der Waals surface area contributed by atoms with E-state index in [1.165, 1.54) is 0 Å². The summed E-state index contributed by atoms with van der Waals surface area (Å²) in [5.74, 6) is 1.36. The molecule has 0 spiro atoms. The molecule has 0 bridgehead atoms. The molecule has 0 aliphatic heterocycles. The number of nitrogens with one attached hydrogen (secondary N) is 1. The van der Waals surface area contributed by atoms with Crippen LogP contribution in [0.25, 0.3) is 11.4 Å². The van der Waals surface area contributed by atoms with Crippen LogP contribution in [0, 0.1) is 0 Å². The third kappa shape index (κ3) is 5.38. The van der Waals surface area contributed by atoms with E-state index >= 15 is 0 Å². The second-order valence-corrected chi connectivity index (χ2v) is 7.69. The third-order valence-electron chi connectivity index (χ3n) is 3.50. The van der Waals surface area contributed by atoms with Crippen molar-refractivity contribution in [3.05, 3.63) is 54.4 Å². The number of nitrogens with zero attached hydrogens (tertiary/aromatic N) is 5. The van der Waals surface area contributed by atoms with Gasteiger partial charge < -0.3 is 10.1 Å². The molecular weight excluding hydrogens is 411 g/mol. The summed E-state index contributed by atoms with van der Waals surface area (Å²) in [4.78, 5) is 21.2. The Morgan fingerprint density at radius 1 is 1.11 bits per heavy atom. The number of hydrogen-bond acceptors (Lipinski definition) is 7. The number of rotatable bonds is 6. The molecule has 2 heterocycles. The van der Waals surface area contributed by atoms with E-state index in [4.69, 9.17) is 39.5 Å². The lowest BCUT2D eigenvalue weighted by molar-refractivity contribution is 0.415. The van der Waals surface area contributed by atoms with E-state index in [0.717, 1.165) is 5.69 Å². The van der Waals surface area contributed by atoms with Crippen molar-refractivity contribution in [2.75, 3.05) is 19.0 Å². The Balaban J connectivity index is 1.86. The number of hydrogen-bond donors (Lipinski definition) is 1. The first-order chi connectivity index (χ1) is 13.0. The molecule has 3 rings (SSSR count). The van der Waals surface area contributed by atoms with Crippen LogP contribution in [0.2, 0.25) is 0 Å². The van der Waals surface area contributed by atoms with Gasteiger partial charge in [-0.2, -0.15) is 9.97 Å². The first-order valence-electron chi connectivity index (χ1n) is 7.92. The van der Waals surface area contributed by atoms with E-state index in [1.807, 2.05) is 18.2 Å². The van der Waals surface area contributed by atoms with Gasteiger partial charge in [0.2, 0.25) is 9.74 Å². The maximum Gasteiger partial charge on any atom is 0.250 e. The van der Waals surface area contributed by atoms with Crippen molar-refractivity contribution in [3.63, 3.8) is 0 Å². The van der Waals surface area contributed by atoms with Gasteiger partial charge in [0.05, 0.1) is 12.8 Å². The van der Waals surface area contributed by atoms with Gasteiger partial charge >= 0.3 is 0 Å². The van der Waals surface area contributed by atoms with Crippen LogP contribution in [0.1, 0.15) is 11.5 Å². The highest BCUT2D eigenvalue weighted by Gasteiger charge is 2.28. The number of halogens is 3. The Labute approximate surface area is 171 Å². The Bertz CT molecular complexity index is 905. The molecule has 0 atom stereocenters. The van der Waals surface area contributed by atoms with E-state index in [0.29, 0.717) is 36.1 Å². The molecule has 0 radical (unpaired) electrons. The first kappa shape index (κ1) is 19.5. The fourth-order valence-corrected chi connectivity index (χ4v) is 2.49. The van der Waals surface area contributed by atoms with Crippen molar-refractivity contribution in [1.29, 1.82) is 0 Å². The highest BCUT2D eigenvalue weighted by molar-refractivity contribution is 6.66. The predicted octanol–water partition coefficient (Wildman–Crippen LogP) is 3.82. The van der Waals surface area contributed by atoms with Crippen molar-refractivity contribution in [2.24, 2.45) is 0 Å². The first-order valence-corrected chi connectivity index (χ1v) is 9.05. The molecule has 0 unspecified atom stereocenters. The number of ether oxygens (including phenoxy) is 1. The van der Waals surface area contributed by atoms with Crippen LogP contribution in [0.4, 0.5) is 5.95 Å². The normalized spacial score (nSPS) is 11.3. The van der Waals surface area contributed by atoms with Crippen molar-refractivity contribution in [2.45, 2.75) is 10.2 Å². The topological polar surface area (TPSA) is 85.7 Å². The summed E-state index contributed by atoms with van der Waals surface area (Å²) in [7, 11) is 1.58. The average molecular weight is 426 g/mol. The van der Waals surface area contributed by atoms with Crippen molar-refractivity contribution in [3.8, 4) is 17.1 Å². The zero-order valence-corrected chi connectivity index (χ0v) is 16.5. The van der Waals surface area contributed by atoms with E-state index in [-0.39, 0.29) is 5.82 Å². The Morgan fingerprint density at radius 3 is 2.67 bits per heavy atom. The van der Waals surface area contributed by atoms with Gasteiger partial charge in [-0.3, -0.25) is 9.97 Å². The molecule has 0 amide bonds. The van der Waals surface area contributed by atoms with Crippen molar-refractivity contribution >= 4 is 40.8 Å². The largest absolute Gasteiger partial charge is 0.497 e. The summed E-state index contributed by atoms with van der Waals surface area (Å²) in [6, 6.07) is 7.28. The lowest BCUT2D eigenvalue weighted by Gasteiger charge is -2.13. The predicted molar refractivity (Wildman–Crippen MR) is 105 cm³/mol. The molecule has 0 saturated carbocycles. The molecule has 0 aliphatic rings. The van der Waals surface area contributed by atoms with Crippen LogP contribution in [-0.2, 0) is 10.2 Å². The Hall–Kier alpha value is -2.22. The molecular formula is C17H15Cl3N6O. The molecule has 1 aromatic carbocycles. The van der Waals surface area contributed by atoms with Gasteiger partial charge in [0.25, 0.3) is 0 Å². The molecule has 0 aliphatic carbocycles. The monoisotopic (exact) mass is 424 g/mol. The maximum absolute atomic E-state index is 5.99. The van der Waals surface area contributed by atoms with Crippen molar-refractivity contribution in [1.82, 2.24) is 24.9 Å².